The van der Waals surface area contributed by atoms with Crippen molar-refractivity contribution in [3.05, 3.63) is 28.8 Å². The fourth-order valence-electron chi connectivity index (χ4n) is 1.49. The van der Waals surface area contributed by atoms with Gasteiger partial charge in [0.05, 0.1) is 11.6 Å². The highest BCUT2D eigenvalue weighted by atomic mass is 35.5. The van der Waals surface area contributed by atoms with E-state index in [-0.39, 0.29) is 0 Å². The topological polar surface area (TPSA) is 30.5 Å². The van der Waals surface area contributed by atoms with Crippen LogP contribution in [0.1, 0.15) is 18.9 Å². The third kappa shape index (κ3) is 4.94. The molecule has 0 aliphatic rings. The minimum Gasteiger partial charge on any atom is -0.489 e. The predicted octanol–water partition coefficient (Wildman–Crippen LogP) is 2.86. The first-order valence-electron chi connectivity index (χ1n) is 5.92. The molecule has 0 amide bonds. The summed E-state index contributed by atoms with van der Waals surface area (Å²) in [6, 6.07) is 5.77. The summed E-state index contributed by atoms with van der Waals surface area (Å²) in [5, 5.41) is 3.74. The van der Waals surface area contributed by atoms with Gasteiger partial charge in [0.1, 0.15) is 12.4 Å². The lowest BCUT2D eigenvalue weighted by Crippen LogP contribution is -2.11. The maximum Gasteiger partial charge on any atom is 0.142 e. The molecule has 0 radical (unpaired) electrons. The lowest BCUT2D eigenvalue weighted by atomic mass is 10.2. The Hall–Kier alpha value is -0.770. The van der Waals surface area contributed by atoms with E-state index in [0.717, 1.165) is 30.9 Å². The molecule has 0 bridgehead atoms. The van der Waals surface area contributed by atoms with Gasteiger partial charge < -0.3 is 14.8 Å². The molecule has 4 heteroatoms. The van der Waals surface area contributed by atoms with E-state index in [2.05, 4.69) is 12.2 Å². The summed E-state index contributed by atoms with van der Waals surface area (Å²) < 4.78 is 11.0. The number of para-hydroxylation sites is 1. The second-order valence-electron chi connectivity index (χ2n) is 3.72. The Balaban J connectivity index is 2.50. The van der Waals surface area contributed by atoms with E-state index in [4.69, 9.17) is 21.1 Å². The van der Waals surface area contributed by atoms with Gasteiger partial charge in [-0.15, -0.1) is 0 Å². The number of halogens is 1. The largest absolute Gasteiger partial charge is 0.489 e. The van der Waals surface area contributed by atoms with E-state index in [1.54, 1.807) is 0 Å². The third-order valence-corrected chi connectivity index (χ3v) is 2.54. The molecule has 0 saturated heterocycles. The maximum atomic E-state index is 6.11. The van der Waals surface area contributed by atoms with Crippen LogP contribution in [0.5, 0.6) is 5.75 Å². The molecule has 0 aromatic heterocycles. The minimum absolute atomic E-state index is 0.528. The van der Waals surface area contributed by atoms with Crippen LogP contribution in [0.15, 0.2) is 18.2 Å². The van der Waals surface area contributed by atoms with Crippen LogP contribution in [0.2, 0.25) is 5.02 Å². The molecule has 1 aromatic rings. The highest BCUT2D eigenvalue weighted by Gasteiger charge is 2.07. The predicted molar refractivity (Wildman–Crippen MR) is 70.8 cm³/mol. The molecule has 96 valence electrons. The van der Waals surface area contributed by atoms with Crippen molar-refractivity contribution in [2.24, 2.45) is 0 Å². The molecule has 0 spiro atoms. The highest BCUT2D eigenvalue weighted by Crippen LogP contribution is 2.28. The van der Waals surface area contributed by atoms with Crippen molar-refractivity contribution in [3.63, 3.8) is 0 Å². The van der Waals surface area contributed by atoms with Crippen molar-refractivity contribution in [3.8, 4) is 5.75 Å². The number of nitrogens with one attached hydrogen (secondary N) is 1. The summed E-state index contributed by atoms with van der Waals surface area (Å²) >= 11 is 6.11. The van der Waals surface area contributed by atoms with Crippen LogP contribution < -0.4 is 10.1 Å². The van der Waals surface area contributed by atoms with Crippen molar-refractivity contribution in [2.75, 3.05) is 26.9 Å². The summed E-state index contributed by atoms with van der Waals surface area (Å²) in [4.78, 5) is 0. The molecule has 0 aliphatic carbocycles. The van der Waals surface area contributed by atoms with Crippen LogP contribution in [-0.2, 0) is 11.3 Å². The molecule has 0 saturated carbocycles. The quantitative estimate of drug-likeness (QED) is 0.727. The molecule has 3 nitrogen and oxygen atoms in total. The van der Waals surface area contributed by atoms with Gasteiger partial charge in [0.15, 0.2) is 0 Å². The van der Waals surface area contributed by atoms with Crippen LogP contribution in [0, 0.1) is 0 Å². The molecule has 0 aliphatic heterocycles. The van der Waals surface area contributed by atoms with Crippen LogP contribution in [0.3, 0.4) is 0 Å². The van der Waals surface area contributed by atoms with Crippen LogP contribution in [-0.4, -0.2) is 26.9 Å². The normalized spacial score (nSPS) is 10.5. The lowest BCUT2D eigenvalue weighted by Gasteiger charge is -2.13. The fourth-order valence-corrected chi connectivity index (χ4v) is 1.74. The Kier molecular flexibility index (Phi) is 7.01. The standard InChI is InChI=1S/C13H20ClNO2/c1-3-7-16-8-9-17-13-11(10-15-2)5-4-6-12(13)14/h4-6,15H,3,7-10H2,1-2H3. The smallest absolute Gasteiger partial charge is 0.142 e. The fraction of sp³-hybridized carbons (Fsp3) is 0.538. The second kappa shape index (κ2) is 8.34. The number of hydrogen-bond acceptors (Lipinski definition) is 3. The third-order valence-electron chi connectivity index (χ3n) is 2.24. The zero-order chi connectivity index (χ0) is 12.5. The van der Waals surface area contributed by atoms with Gasteiger partial charge in [-0.3, -0.25) is 0 Å². The van der Waals surface area contributed by atoms with E-state index in [1.807, 2.05) is 25.2 Å². The Morgan fingerprint density at radius 2 is 2.06 bits per heavy atom. The minimum atomic E-state index is 0.528. The molecule has 1 aromatic carbocycles. The first kappa shape index (κ1) is 14.3. The lowest BCUT2D eigenvalue weighted by molar-refractivity contribution is 0.100. The zero-order valence-corrected chi connectivity index (χ0v) is 11.2. The van der Waals surface area contributed by atoms with Gasteiger partial charge in [0.2, 0.25) is 0 Å². The summed E-state index contributed by atoms with van der Waals surface area (Å²) in [7, 11) is 1.90. The summed E-state index contributed by atoms with van der Waals surface area (Å²) in [5.74, 6) is 0.753. The molecular formula is C13H20ClNO2. The van der Waals surface area contributed by atoms with Gasteiger partial charge in [-0.2, -0.15) is 0 Å². The SMILES string of the molecule is CCCOCCOc1c(Cl)cccc1CNC. The van der Waals surface area contributed by atoms with E-state index < -0.39 is 0 Å². The van der Waals surface area contributed by atoms with Gasteiger partial charge in [-0.25, -0.2) is 0 Å². The molecule has 1 N–H and O–H groups in total. The Bertz CT molecular complexity index is 331. The van der Waals surface area contributed by atoms with E-state index in [0.29, 0.717) is 18.2 Å². The number of ether oxygens (including phenoxy) is 2. The van der Waals surface area contributed by atoms with Crippen LogP contribution in [0.4, 0.5) is 0 Å². The summed E-state index contributed by atoms with van der Waals surface area (Å²) in [6.07, 6.45) is 1.02. The van der Waals surface area contributed by atoms with Crippen molar-refractivity contribution < 1.29 is 9.47 Å². The molecule has 0 unspecified atom stereocenters. The van der Waals surface area contributed by atoms with Crippen molar-refractivity contribution in [1.29, 1.82) is 0 Å². The molecule has 1 rings (SSSR count). The molecule has 17 heavy (non-hydrogen) atoms. The van der Waals surface area contributed by atoms with Crippen LogP contribution in [0.25, 0.3) is 0 Å². The van der Waals surface area contributed by atoms with Crippen LogP contribution >= 0.6 is 11.6 Å². The van der Waals surface area contributed by atoms with Crippen molar-refractivity contribution in [2.45, 2.75) is 19.9 Å². The first-order valence-corrected chi connectivity index (χ1v) is 6.30. The monoisotopic (exact) mass is 257 g/mol. The zero-order valence-electron chi connectivity index (χ0n) is 10.5. The Labute approximate surface area is 108 Å². The average molecular weight is 258 g/mol. The molecule has 0 heterocycles. The Morgan fingerprint density at radius 3 is 2.76 bits per heavy atom. The van der Waals surface area contributed by atoms with Gasteiger partial charge in [0.25, 0.3) is 0 Å². The van der Waals surface area contributed by atoms with Gasteiger partial charge >= 0.3 is 0 Å². The second-order valence-corrected chi connectivity index (χ2v) is 4.13. The molecular weight excluding hydrogens is 238 g/mol. The maximum absolute atomic E-state index is 6.11. The molecule has 0 atom stereocenters. The van der Waals surface area contributed by atoms with Gasteiger partial charge in [-0.1, -0.05) is 30.7 Å². The van der Waals surface area contributed by atoms with E-state index in [1.165, 1.54) is 0 Å². The average Bonchev–Trinajstić information content (AvgIpc) is 2.32. The van der Waals surface area contributed by atoms with Crippen molar-refractivity contribution >= 4 is 11.6 Å². The summed E-state index contributed by atoms with van der Waals surface area (Å²) in [6.45, 7) is 4.72. The van der Waals surface area contributed by atoms with Gasteiger partial charge in [-0.05, 0) is 19.5 Å². The molecule has 0 fully saturated rings. The van der Waals surface area contributed by atoms with E-state index in [9.17, 15) is 0 Å². The summed E-state index contributed by atoms with van der Waals surface area (Å²) in [5.41, 5.74) is 1.07. The highest BCUT2D eigenvalue weighted by molar-refractivity contribution is 6.32. The Morgan fingerprint density at radius 1 is 1.24 bits per heavy atom. The number of benzene rings is 1. The number of hydrogen-bond donors (Lipinski definition) is 1. The number of rotatable bonds is 8. The first-order chi connectivity index (χ1) is 8.29. The van der Waals surface area contributed by atoms with Crippen molar-refractivity contribution in [1.82, 2.24) is 5.32 Å². The van der Waals surface area contributed by atoms with Gasteiger partial charge in [0, 0.05) is 18.7 Å². The van der Waals surface area contributed by atoms with E-state index >= 15 is 0 Å².